The Morgan fingerprint density at radius 1 is 1.28 bits per heavy atom. The van der Waals surface area contributed by atoms with Gasteiger partial charge in [0.15, 0.2) is 0 Å². The number of H-pyrrole nitrogens is 1. The molecular weight excluding hydrogens is 456 g/mol. The maximum absolute atomic E-state index is 12.9. The number of benzene rings is 1. The number of hydrogen-bond donors (Lipinski definition) is 3. The van der Waals surface area contributed by atoms with Crippen LogP contribution in [0.5, 0.6) is 0 Å². The van der Waals surface area contributed by atoms with Crippen molar-refractivity contribution >= 4 is 17.5 Å². The fraction of sp³-hybridized carbons (Fsp3) is 0.593. The van der Waals surface area contributed by atoms with E-state index in [0.717, 1.165) is 55.5 Å². The van der Waals surface area contributed by atoms with Gasteiger partial charge in [-0.05, 0) is 37.0 Å². The van der Waals surface area contributed by atoms with E-state index in [4.69, 9.17) is 10.5 Å². The molecule has 2 fully saturated rings. The van der Waals surface area contributed by atoms with Gasteiger partial charge in [-0.15, -0.1) is 0 Å². The van der Waals surface area contributed by atoms with Crippen LogP contribution in [0.2, 0.25) is 0 Å². The summed E-state index contributed by atoms with van der Waals surface area (Å²) in [5.41, 5.74) is 9.01. The van der Waals surface area contributed by atoms with E-state index in [1.54, 1.807) is 6.20 Å². The number of amides is 2. The number of aromatic amines is 1. The Balaban J connectivity index is 1.37. The third-order valence-electron chi connectivity index (χ3n) is 8.09. The highest BCUT2D eigenvalue weighted by Gasteiger charge is 2.41. The van der Waals surface area contributed by atoms with Crippen LogP contribution in [0.25, 0.3) is 0 Å². The summed E-state index contributed by atoms with van der Waals surface area (Å²) in [7, 11) is 0. The first-order valence-electron chi connectivity index (χ1n) is 13.3. The number of likely N-dealkylation sites (tertiary alicyclic amines) is 1. The highest BCUT2D eigenvalue weighted by atomic mass is 16.5. The first-order valence-corrected chi connectivity index (χ1v) is 13.3. The molecule has 36 heavy (non-hydrogen) atoms. The van der Waals surface area contributed by atoms with Crippen molar-refractivity contribution in [3.8, 4) is 0 Å². The zero-order valence-electron chi connectivity index (χ0n) is 21.6. The molecule has 2 unspecified atom stereocenters. The van der Waals surface area contributed by atoms with Crippen molar-refractivity contribution in [2.75, 3.05) is 51.3 Å². The van der Waals surface area contributed by atoms with Gasteiger partial charge in [0.1, 0.15) is 0 Å². The van der Waals surface area contributed by atoms with Crippen LogP contribution in [0.3, 0.4) is 0 Å². The standard InChI is InChI=1S/C27H40N6O3/c1-3-11-33(12-7-22(8-13-33)25(28)27(35)32-9-14-36-15-10-32)20(2)16-21-5-4-6-24(17-21)31-26(34)23-18-29-30-19-23/h4-6,17-20,22,25H,3,7-16,28H2,1-2H3,(H-,29,30,31,34)/p+1. The summed E-state index contributed by atoms with van der Waals surface area (Å²) < 4.78 is 6.44. The molecule has 1 aromatic carbocycles. The molecule has 2 aliphatic rings. The number of quaternary nitrogens is 1. The number of hydrogen-bond acceptors (Lipinski definition) is 5. The molecule has 9 heteroatoms. The molecule has 2 atom stereocenters. The number of rotatable bonds is 9. The number of nitrogens with two attached hydrogens (primary N) is 1. The SMILES string of the molecule is CCC[N+]1(C(C)Cc2cccc(NC(=O)c3cn[nH]c3)c2)CCC(C(N)C(=O)N2CCOCC2)CC1. The van der Waals surface area contributed by atoms with E-state index in [-0.39, 0.29) is 17.7 Å². The minimum atomic E-state index is -0.419. The van der Waals surface area contributed by atoms with Crippen LogP contribution in [-0.2, 0) is 16.0 Å². The molecule has 4 rings (SSSR count). The number of piperidine rings is 1. The van der Waals surface area contributed by atoms with E-state index in [1.165, 1.54) is 11.8 Å². The Hall–Kier alpha value is -2.75. The summed E-state index contributed by atoms with van der Waals surface area (Å²) in [6.07, 6.45) is 7.10. The maximum atomic E-state index is 12.9. The Labute approximate surface area is 213 Å². The predicted molar refractivity (Wildman–Crippen MR) is 139 cm³/mol. The van der Waals surface area contributed by atoms with Crippen molar-refractivity contribution in [3.05, 3.63) is 47.8 Å². The Kier molecular flexibility index (Phi) is 8.77. The van der Waals surface area contributed by atoms with Crippen LogP contribution in [-0.4, -0.2) is 89.4 Å². The topological polar surface area (TPSA) is 113 Å². The second-order valence-electron chi connectivity index (χ2n) is 10.4. The van der Waals surface area contributed by atoms with E-state index in [1.807, 2.05) is 17.0 Å². The van der Waals surface area contributed by atoms with Crippen molar-refractivity contribution in [2.45, 2.75) is 51.6 Å². The van der Waals surface area contributed by atoms with Gasteiger partial charge < -0.3 is 25.2 Å². The largest absolute Gasteiger partial charge is 0.378 e. The van der Waals surface area contributed by atoms with Crippen LogP contribution in [0, 0.1) is 5.92 Å². The normalized spacial score (nSPS) is 24.2. The number of ether oxygens (including phenoxy) is 1. The average Bonchev–Trinajstić information content (AvgIpc) is 3.45. The number of nitrogens with one attached hydrogen (secondary N) is 2. The average molecular weight is 498 g/mol. The van der Waals surface area contributed by atoms with Crippen LogP contribution in [0.1, 0.15) is 49.0 Å². The van der Waals surface area contributed by atoms with Crippen LogP contribution in [0.4, 0.5) is 5.69 Å². The van der Waals surface area contributed by atoms with Crippen molar-refractivity contribution in [2.24, 2.45) is 11.7 Å². The molecular formula is C27H41N6O3+. The monoisotopic (exact) mass is 497 g/mol. The van der Waals surface area contributed by atoms with E-state index in [0.29, 0.717) is 37.9 Å². The summed E-state index contributed by atoms with van der Waals surface area (Å²) in [4.78, 5) is 27.2. The summed E-state index contributed by atoms with van der Waals surface area (Å²) in [5, 5.41) is 9.48. The van der Waals surface area contributed by atoms with E-state index in [2.05, 4.69) is 41.5 Å². The Morgan fingerprint density at radius 2 is 2.03 bits per heavy atom. The molecule has 2 aromatic rings. The highest BCUT2D eigenvalue weighted by molar-refractivity contribution is 6.03. The van der Waals surface area contributed by atoms with Crippen molar-refractivity contribution < 1.29 is 18.8 Å². The maximum Gasteiger partial charge on any atom is 0.258 e. The summed E-state index contributed by atoms with van der Waals surface area (Å²) in [5.74, 6) is 0.145. The molecule has 2 amide bonds. The number of morpholine rings is 1. The molecule has 0 aliphatic carbocycles. The van der Waals surface area contributed by atoms with E-state index in [9.17, 15) is 9.59 Å². The van der Waals surface area contributed by atoms with Crippen molar-refractivity contribution in [3.63, 3.8) is 0 Å². The first kappa shape index (κ1) is 26.3. The fourth-order valence-electron chi connectivity index (χ4n) is 5.88. The minimum Gasteiger partial charge on any atom is -0.378 e. The molecule has 0 spiro atoms. The fourth-order valence-corrected chi connectivity index (χ4v) is 5.88. The van der Waals surface area contributed by atoms with Gasteiger partial charge in [0.05, 0.1) is 56.7 Å². The summed E-state index contributed by atoms with van der Waals surface area (Å²) >= 11 is 0. The molecule has 9 nitrogen and oxygen atoms in total. The molecule has 0 radical (unpaired) electrons. The molecule has 0 bridgehead atoms. The lowest BCUT2D eigenvalue weighted by Gasteiger charge is -2.49. The lowest BCUT2D eigenvalue weighted by molar-refractivity contribution is -0.954. The second-order valence-corrected chi connectivity index (χ2v) is 10.4. The Bertz CT molecular complexity index is 997. The number of nitrogens with zero attached hydrogens (tertiary/aromatic N) is 3. The molecule has 2 saturated heterocycles. The van der Waals surface area contributed by atoms with E-state index < -0.39 is 6.04 Å². The number of anilines is 1. The van der Waals surface area contributed by atoms with Crippen molar-refractivity contribution in [1.29, 1.82) is 0 Å². The molecule has 3 heterocycles. The zero-order chi connectivity index (χ0) is 25.5. The molecule has 4 N–H and O–H groups in total. The van der Waals surface area contributed by atoms with Gasteiger partial charge in [0.25, 0.3) is 5.91 Å². The second kappa shape index (κ2) is 12.0. The number of aromatic nitrogens is 2. The minimum absolute atomic E-state index is 0.0844. The third-order valence-corrected chi connectivity index (χ3v) is 8.09. The molecule has 1 aromatic heterocycles. The van der Waals surface area contributed by atoms with Gasteiger partial charge in [-0.3, -0.25) is 14.7 Å². The van der Waals surface area contributed by atoms with Crippen LogP contribution < -0.4 is 11.1 Å². The predicted octanol–water partition coefficient (Wildman–Crippen LogP) is 2.42. The summed E-state index contributed by atoms with van der Waals surface area (Å²) in [6, 6.07) is 8.13. The van der Waals surface area contributed by atoms with Crippen LogP contribution in [0.15, 0.2) is 36.7 Å². The van der Waals surface area contributed by atoms with Gasteiger partial charge in [-0.1, -0.05) is 19.1 Å². The first-order chi connectivity index (χ1) is 17.4. The lowest BCUT2D eigenvalue weighted by atomic mass is 9.86. The quantitative estimate of drug-likeness (QED) is 0.461. The zero-order valence-corrected chi connectivity index (χ0v) is 21.6. The third kappa shape index (κ3) is 6.14. The van der Waals surface area contributed by atoms with Gasteiger partial charge in [-0.25, -0.2) is 0 Å². The summed E-state index contributed by atoms with van der Waals surface area (Å²) in [6.45, 7) is 10.3. The van der Waals surface area contributed by atoms with Gasteiger partial charge >= 0.3 is 0 Å². The lowest BCUT2D eigenvalue weighted by Crippen LogP contribution is -2.61. The Morgan fingerprint density at radius 3 is 2.69 bits per heavy atom. The molecule has 0 saturated carbocycles. The van der Waals surface area contributed by atoms with Gasteiger partial charge in [0, 0.05) is 44.2 Å². The highest BCUT2D eigenvalue weighted by Crippen LogP contribution is 2.31. The number of carbonyl (C=O) groups is 2. The van der Waals surface area contributed by atoms with E-state index >= 15 is 0 Å². The van der Waals surface area contributed by atoms with Gasteiger partial charge in [0.2, 0.25) is 5.91 Å². The van der Waals surface area contributed by atoms with Crippen molar-refractivity contribution in [1.82, 2.24) is 15.1 Å². The van der Waals surface area contributed by atoms with Crippen LogP contribution >= 0.6 is 0 Å². The van der Waals surface area contributed by atoms with Gasteiger partial charge in [-0.2, -0.15) is 5.10 Å². The molecule has 196 valence electrons. The number of carbonyl (C=O) groups excluding carboxylic acids is 2. The molecule has 2 aliphatic heterocycles. The smallest absolute Gasteiger partial charge is 0.258 e.